The summed E-state index contributed by atoms with van der Waals surface area (Å²) in [4.78, 5) is 15.0. The first-order valence-corrected chi connectivity index (χ1v) is 21.3. The second-order valence-electron chi connectivity index (χ2n) is 16.2. The zero-order valence-electron chi connectivity index (χ0n) is 33.9. The Hall–Kier alpha value is -8.41. The first-order valence-electron chi connectivity index (χ1n) is 21.3. The molecular weight excluding hydrogens is 771 g/mol. The van der Waals surface area contributed by atoms with E-state index in [-0.39, 0.29) is 0 Å². The highest BCUT2D eigenvalue weighted by atomic mass is 16.3. The Balaban J connectivity index is 1.10. The summed E-state index contributed by atoms with van der Waals surface area (Å²) in [6.07, 6.45) is 0. The molecule has 13 rings (SSSR count). The van der Waals surface area contributed by atoms with Gasteiger partial charge in [0.2, 0.25) is 0 Å². The van der Waals surface area contributed by atoms with Gasteiger partial charge in [-0.05, 0) is 57.6 Å². The number of benzene rings is 9. The molecule has 0 radical (unpaired) electrons. The molecule has 0 N–H and O–H groups in total. The van der Waals surface area contributed by atoms with E-state index < -0.39 is 5.41 Å². The molecule has 9 aromatic carbocycles. The van der Waals surface area contributed by atoms with Crippen molar-refractivity contribution in [1.82, 2.24) is 15.0 Å². The second-order valence-corrected chi connectivity index (χ2v) is 16.2. The number of hydrogen-bond acceptors (Lipinski definition) is 5. The van der Waals surface area contributed by atoms with Crippen LogP contribution in [0.1, 0.15) is 22.3 Å². The molecule has 1 aliphatic rings. The van der Waals surface area contributed by atoms with Crippen LogP contribution in [0.2, 0.25) is 0 Å². The van der Waals surface area contributed by atoms with E-state index in [1.807, 2.05) is 66.7 Å². The van der Waals surface area contributed by atoms with Crippen molar-refractivity contribution in [1.29, 1.82) is 0 Å². The van der Waals surface area contributed by atoms with Gasteiger partial charge in [-0.2, -0.15) is 0 Å². The molecule has 12 aromatic rings. The minimum atomic E-state index is -0.686. The van der Waals surface area contributed by atoms with E-state index in [0.717, 1.165) is 88.4 Å². The molecule has 0 aliphatic heterocycles. The predicted octanol–water partition coefficient (Wildman–Crippen LogP) is 14.7. The SMILES string of the molecule is c1ccc(-c2nc(-c3ccccc3)nc(-c3ccc(-c4cc5c(c6oc7ccccc7c46)-c4c(ccc6oc7ccccc7c46)C5(c4ccccc4)c4ccccc4)cc3)n2)cc1. The zero-order valence-corrected chi connectivity index (χ0v) is 33.9. The monoisotopic (exact) mass is 805 g/mol. The largest absolute Gasteiger partial charge is 0.456 e. The van der Waals surface area contributed by atoms with Crippen LogP contribution < -0.4 is 0 Å². The standard InChI is InChI=1S/C58H35N3O2/c1-5-17-37(18-6-1)55-59-56(38-19-7-2-8-20-38)61-57(60-55)39-31-29-36(30-32-39)44-35-46-53(54-50(44)42-25-13-16-28-48(42)63-54)52-45(33-34-49-51(52)43-26-14-15-27-47(43)62-49)58(46,40-21-9-3-10-22-40)41-23-11-4-12-24-41/h1-35H. The first kappa shape index (κ1) is 35.4. The topological polar surface area (TPSA) is 65.0 Å². The molecule has 63 heavy (non-hydrogen) atoms. The lowest BCUT2D eigenvalue weighted by Gasteiger charge is -2.34. The normalized spacial score (nSPS) is 12.9. The number of rotatable bonds is 6. The van der Waals surface area contributed by atoms with Crippen molar-refractivity contribution in [3.63, 3.8) is 0 Å². The van der Waals surface area contributed by atoms with Crippen LogP contribution in [0.4, 0.5) is 0 Å². The molecule has 0 spiro atoms. The molecule has 0 saturated heterocycles. The molecule has 3 heterocycles. The summed E-state index contributed by atoms with van der Waals surface area (Å²) < 4.78 is 13.8. The smallest absolute Gasteiger partial charge is 0.164 e. The van der Waals surface area contributed by atoms with Gasteiger partial charge in [0.15, 0.2) is 17.5 Å². The van der Waals surface area contributed by atoms with Crippen LogP contribution in [0, 0.1) is 0 Å². The molecule has 0 saturated carbocycles. The van der Waals surface area contributed by atoms with E-state index in [1.165, 1.54) is 16.7 Å². The highest BCUT2D eigenvalue weighted by molar-refractivity contribution is 6.23. The fourth-order valence-electron chi connectivity index (χ4n) is 10.1. The number of furan rings is 2. The van der Waals surface area contributed by atoms with Crippen molar-refractivity contribution in [3.8, 4) is 56.4 Å². The molecule has 0 fully saturated rings. The lowest BCUT2D eigenvalue weighted by molar-refractivity contribution is 0.668. The molecule has 3 aromatic heterocycles. The summed E-state index contributed by atoms with van der Waals surface area (Å²) in [5, 5.41) is 4.32. The van der Waals surface area contributed by atoms with Gasteiger partial charge in [-0.25, -0.2) is 15.0 Å². The molecule has 0 atom stereocenters. The quantitative estimate of drug-likeness (QED) is 0.167. The van der Waals surface area contributed by atoms with Crippen LogP contribution in [0.5, 0.6) is 0 Å². The Morgan fingerprint density at radius 1 is 0.333 bits per heavy atom. The maximum atomic E-state index is 7.16. The predicted molar refractivity (Wildman–Crippen MR) is 253 cm³/mol. The van der Waals surface area contributed by atoms with Crippen molar-refractivity contribution in [3.05, 3.63) is 235 Å². The minimum absolute atomic E-state index is 0.612. The second kappa shape index (κ2) is 13.8. The molecule has 1 aliphatic carbocycles. The number of hydrogen-bond donors (Lipinski definition) is 0. The number of fused-ring (bicyclic) bond motifs is 11. The number of para-hydroxylation sites is 2. The number of aromatic nitrogens is 3. The van der Waals surface area contributed by atoms with Crippen molar-refractivity contribution < 1.29 is 8.83 Å². The van der Waals surface area contributed by atoms with E-state index in [0.29, 0.717) is 17.5 Å². The van der Waals surface area contributed by atoms with Gasteiger partial charge >= 0.3 is 0 Å². The maximum absolute atomic E-state index is 7.16. The van der Waals surface area contributed by atoms with Gasteiger partial charge in [0.1, 0.15) is 22.3 Å². The summed E-state index contributed by atoms with van der Waals surface area (Å²) >= 11 is 0. The van der Waals surface area contributed by atoms with Crippen LogP contribution in [-0.2, 0) is 5.41 Å². The van der Waals surface area contributed by atoms with Gasteiger partial charge in [0.25, 0.3) is 0 Å². The molecule has 5 heteroatoms. The average molecular weight is 806 g/mol. The van der Waals surface area contributed by atoms with Crippen LogP contribution >= 0.6 is 0 Å². The molecule has 0 bridgehead atoms. The van der Waals surface area contributed by atoms with Crippen LogP contribution in [0.3, 0.4) is 0 Å². The molecular formula is C58H35N3O2. The third-order valence-electron chi connectivity index (χ3n) is 12.8. The molecule has 0 amide bonds. The highest BCUT2D eigenvalue weighted by Gasteiger charge is 2.49. The van der Waals surface area contributed by atoms with Gasteiger partial charge in [-0.3, -0.25) is 0 Å². The third kappa shape index (κ3) is 5.27. The van der Waals surface area contributed by atoms with Crippen molar-refractivity contribution in [2.75, 3.05) is 0 Å². The molecule has 294 valence electrons. The average Bonchev–Trinajstić information content (AvgIpc) is 4.03. The van der Waals surface area contributed by atoms with Crippen LogP contribution in [0.15, 0.2) is 221 Å². The van der Waals surface area contributed by atoms with Crippen molar-refractivity contribution in [2.45, 2.75) is 5.41 Å². The maximum Gasteiger partial charge on any atom is 0.164 e. The van der Waals surface area contributed by atoms with Crippen LogP contribution in [-0.4, -0.2) is 15.0 Å². The van der Waals surface area contributed by atoms with Crippen molar-refractivity contribution >= 4 is 43.9 Å². The Labute approximate surface area is 362 Å². The first-order chi connectivity index (χ1) is 31.2. The van der Waals surface area contributed by atoms with E-state index in [9.17, 15) is 0 Å². The summed E-state index contributed by atoms with van der Waals surface area (Å²) in [7, 11) is 0. The van der Waals surface area contributed by atoms with Gasteiger partial charge < -0.3 is 8.83 Å². The van der Waals surface area contributed by atoms with E-state index >= 15 is 0 Å². The van der Waals surface area contributed by atoms with Gasteiger partial charge in [-0.15, -0.1) is 0 Å². The Morgan fingerprint density at radius 2 is 0.794 bits per heavy atom. The van der Waals surface area contributed by atoms with Gasteiger partial charge in [-0.1, -0.05) is 188 Å². The number of nitrogens with zero attached hydrogens (tertiary/aromatic N) is 3. The van der Waals surface area contributed by atoms with Gasteiger partial charge in [0, 0.05) is 49.4 Å². The zero-order chi connectivity index (χ0) is 41.5. The summed E-state index contributed by atoms with van der Waals surface area (Å²) in [5.41, 5.74) is 14.6. The third-order valence-corrected chi connectivity index (χ3v) is 12.8. The lowest BCUT2D eigenvalue weighted by Crippen LogP contribution is -2.28. The minimum Gasteiger partial charge on any atom is -0.456 e. The lowest BCUT2D eigenvalue weighted by atomic mass is 9.67. The molecule has 0 unspecified atom stereocenters. The Kier molecular flexibility index (Phi) is 7.75. The fourth-order valence-corrected chi connectivity index (χ4v) is 10.1. The van der Waals surface area contributed by atoms with Crippen LogP contribution in [0.25, 0.3) is 100 Å². The Morgan fingerprint density at radius 3 is 1.37 bits per heavy atom. The fraction of sp³-hybridized carbons (Fsp3) is 0.0172. The van der Waals surface area contributed by atoms with E-state index in [4.69, 9.17) is 23.8 Å². The molecule has 5 nitrogen and oxygen atoms in total. The summed E-state index contributed by atoms with van der Waals surface area (Å²) in [6.45, 7) is 0. The highest BCUT2D eigenvalue weighted by Crippen LogP contribution is 2.62. The van der Waals surface area contributed by atoms with Crippen molar-refractivity contribution in [2.24, 2.45) is 0 Å². The Bertz CT molecular complexity index is 3610. The van der Waals surface area contributed by atoms with E-state index in [1.54, 1.807) is 0 Å². The van der Waals surface area contributed by atoms with Gasteiger partial charge in [0.05, 0.1) is 5.41 Å². The summed E-state index contributed by atoms with van der Waals surface area (Å²) in [5.74, 6) is 1.87. The summed E-state index contributed by atoms with van der Waals surface area (Å²) in [6, 6.07) is 74.4. The van der Waals surface area contributed by atoms with E-state index in [2.05, 4.69) is 146 Å².